The van der Waals surface area contributed by atoms with Gasteiger partial charge in [-0.25, -0.2) is 0 Å². The summed E-state index contributed by atoms with van der Waals surface area (Å²) in [4.78, 5) is 16.8. The van der Waals surface area contributed by atoms with Gasteiger partial charge in [-0.1, -0.05) is 0 Å². The molecular formula is C15H23N5O. The van der Waals surface area contributed by atoms with Gasteiger partial charge in [0.05, 0.1) is 11.7 Å². The van der Waals surface area contributed by atoms with Gasteiger partial charge in [0.25, 0.3) is 0 Å². The van der Waals surface area contributed by atoms with Gasteiger partial charge in [0.2, 0.25) is 5.91 Å². The number of amides is 1. The number of likely N-dealkylation sites (tertiary alicyclic amines) is 1. The highest BCUT2D eigenvalue weighted by Crippen LogP contribution is 2.23. The first-order chi connectivity index (χ1) is 10.2. The first-order valence-corrected chi connectivity index (χ1v) is 7.77. The van der Waals surface area contributed by atoms with Crippen LogP contribution in [0.4, 0.5) is 5.82 Å². The molecule has 0 aliphatic carbocycles. The molecule has 6 nitrogen and oxygen atoms in total. The Labute approximate surface area is 125 Å². The SMILES string of the molecule is CCNc1cc2c(nn1)CCN(C(=O)C1CCCN1C)C2. The number of anilines is 1. The Morgan fingerprint density at radius 3 is 3.00 bits per heavy atom. The highest BCUT2D eigenvalue weighted by atomic mass is 16.2. The average Bonchev–Trinajstić information content (AvgIpc) is 2.92. The first kappa shape index (κ1) is 14.3. The Morgan fingerprint density at radius 2 is 2.29 bits per heavy atom. The number of aromatic nitrogens is 2. The van der Waals surface area contributed by atoms with Crippen LogP contribution in [0, 0.1) is 0 Å². The number of hydrogen-bond donors (Lipinski definition) is 1. The molecular weight excluding hydrogens is 266 g/mol. The van der Waals surface area contributed by atoms with Crippen molar-refractivity contribution in [3.63, 3.8) is 0 Å². The minimum absolute atomic E-state index is 0.0644. The number of rotatable bonds is 3. The summed E-state index contributed by atoms with van der Waals surface area (Å²) in [5, 5.41) is 11.6. The van der Waals surface area contributed by atoms with Crippen LogP contribution in [0.25, 0.3) is 0 Å². The third-order valence-electron chi connectivity index (χ3n) is 4.41. The lowest BCUT2D eigenvalue weighted by atomic mass is 10.0. The van der Waals surface area contributed by atoms with Gasteiger partial charge >= 0.3 is 0 Å². The molecule has 0 saturated carbocycles. The van der Waals surface area contributed by atoms with Crippen LogP contribution in [0.5, 0.6) is 0 Å². The number of nitrogens with zero attached hydrogens (tertiary/aromatic N) is 4. The van der Waals surface area contributed by atoms with E-state index in [0.717, 1.165) is 56.0 Å². The lowest BCUT2D eigenvalue weighted by molar-refractivity contribution is -0.136. The van der Waals surface area contributed by atoms with Crippen LogP contribution in [0.1, 0.15) is 31.0 Å². The van der Waals surface area contributed by atoms with Crippen molar-refractivity contribution in [1.82, 2.24) is 20.0 Å². The van der Waals surface area contributed by atoms with E-state index in [2.05, 4.69) is 20.4 Å². The Kier molecular flexibility index (Phi) is 4.05. The van der Waals surface area contributed by atoms with Gasteiger partial charge in [-0.15, -0.1) is 5.10 Å². The van der Waals surface area contributed by atoms with Crippen LogP contribution in [-0.2, 0) is 17.8 Å². The third-order valence-corrected chi connectivity index (χ3v) is 4.41. The van der Waals surface area contributed by atoms with E-state index in [4.69, 9.17) is 0 Å². The largest absolute Gasteiger partial charge is 0.369 e. The van der Waals surface area contributed by atoms with E-state index >= 15 is 0 Å². The zero-order valence-electron chi connectivity index (χ0n) is 12.8. The molecule has 1 unspecified atom stereocenters. The molecule has 0 radical (unpaired) electrons. The van der Waals surface area contributed by atoms with E-state index in [1.807, 2.05) is 24.9 Å². The second-order valence-corrected chi connectivity index (χ2v) is 5.88. The molecule has 1 aromatic rings. The molecule has 2 aliphatic rings. The van der Waals surface area contributed by atoms with Crippen LogP contribution >= 0.6 is 0 Å². The molecule has 2 aliphatic heterocycles. The van der Waals surface area contributed by atoms with Gasteiger partial charge in [-0.05, 0) is 45.0 Å². The summed E-state index contributed by atoms with van der Waals surface area (Å²) in [6, 6.07) is 2.10. The predicted molar refractivity (Wildman–Crippen MR) is 81.0 cm³/mol. The maximum atomic E-state index is 12.7. The molecule has 3 rings (SSSR count). The summed E-state index contributed by atoms with van der Waals surface area (Å²) in [6.45, 7) is 5.30. The fourth-order valence-electron chi connectivity index (χ4n) is 3.22. The third kappa shape index (κ3) is 2.85. The van der Waals surface area contributed by atoms with Gasteiger partial charge in [-0.2, -0.15) is 5.10 Å². The topological polar surface area (TPSA) is 61.4 Å². The summed E-state index contributed by atoms with van der Waals surface area (Å²) >= 11 is 0. The fraction of sp³-hybridized carbons (Fsp3) is 0.667. The molecule has 114 valence electrons. The van der Waals surface area contributed by atoms with Crippen LogP contribution in [0.15, 0.2) is 6.07 Å². The Bertz CT molecular complexity index is 533. The van der Waals surface area contributed by atoms with Crippen molar-refractivity contribution in [2.24, 2.45) is 0 Å². The molecule has 1 fully saturated rings. The highest BCUT2D eigenvalue weighted by molar-refractivity contribution is 5.82. The second kappa shape index (κ2) is 5.97. The number of carbonyl (C=O) groups excluding carboxylic acids is 1. The molecule has 1 saturated heterocycles. The molecule has 0 bridgehead atoms. The number of likely N-dealkylation sites (N-methyl/N-ethyl adjacent to an activating group) is 1. The molecule has 3 heterocycles. The standard InChI is InChI=1S/C15H23N5O/c1-3-16-14-9-11-10-20(8-6-12(11)17-18-14)15(21)13-5-4-7-19(13)2/h9,13H,3-8,10H2,1-2H3,(H,16,18). The van der Waals surface area contributed by atoms with E-state index in [-0.39, 0.29) is 11.9 Å². The molecule has 1 amide bonds. The summed E-state index contributed by atoms with van der Waals surface area (Å²) in [5.74, 6) is 1.06. The zero-order valence-corrected chi connectivity index (χ0v) is 12.8. The molecule has 0 spiro atoms. The Balaban J connectivity index is 1.73. The molecule has 1 atom stereocenters. The van der Waals surface area contributed by atoms with Gasteiger partial charge in [-0.3, -0.25) is 9.69 Å². The maximum Gasteiger partial charge on any atom is 0.240 e. The molecule has 21 heavy (non-hydrogen) atoms. The van der Waals surface area contributed by atoms with Gasteiger partial charge in [0.1, 0.15) is 5.82 Å². The van der Waals surface area contributed by atoms with Gasteiger partial charge in [0.15, 0.2) is 0 Å². The highest BCUT2D eigenvalue weighted by Gasteiger charge is 2.33. The minimum Gasteiger partial charge on any atom is -0.369 e. The lowest BCUT2D eigenvalue weighted by Gasteiger charge is -2.32. The van der Waals surface area contributed by atoms with E-state index < -0.39 is 0 Å². The molecule has 1 N–H and O–H groups in total. The normalized spacial score (nSPS) is 22.2. The van der Waals surface area contributed by atoms with E-state index in [1.165, 1.54) is 0 Å². The van der Waals surface area contributed by atoms with Crippen LogP contribution in [-0.4, -0.2) is 58.6 Å². The van der Waals surface area contributed by atoms with E-state index in [9.17, 15) is 4.79 Å². The van der Waals surface area contributed by atoms with Crippen molar-refractivity contribution in [1.29, 1.82) is 0 Å². The van der Waals surface area contributed by atoms with Crippen molar-refractivity contribution >= 4 is 11.7 Å². The predicted octanol–water partition coefficient (Wildman–Crippen LogP) is 0.887. The van der Waals surface area contributed by atoms with Crippen molar-refractivity contribution < 1.29 is 4.79 Å². The summed E-state index contributed by atoms with van der Waals surface area (Å²) < 4.78 is 0. The molecule has 6 heteroatoms. The smallest absolute Gasteiger partial charge is 0.240 e. The first-order valence-electron chi connectivity index (χ1n) is 7.77. The van der Waals surface area contributed by atoms with Crippen molar-refractivity contribution in [2.75, 3.05) is 32.0 Å². The minimum atomic E-state index is 0.0644. The summed E-state index contributed by atoms with van der Waals surface area (Å²) in [6.07, 6.45) is 2.90. The van der Waals surface area contributed by atoms with Crippen LogP contribution in [0.3, 0.4) is 0 Å². The molecule has 1 aromatic heterocycles. The number of fused-ring (bicyclic) bond motifs is 1. The van der Waals surface area contributed by atoms with E-state index in [0.29, 0.717) is 6.54 Å². The quantitative estimate of drug-likeness (QED) is 0.895. The van der Waals surface area contributed by atoms with Crippen LogP contribution < -0.4 is 5.32 Å². The van der Waals surface area contributed by atoms with Gasteiger partial charge < -0.3 is 10.2 Å². The molecule has 0 aromatic carbocycles. The summed E-state index contributed by atoms with van der Waals surface area (Å²) in [7, 11) is 2.04. The van der Waals surface area contributed by atoms with Crippen LogP contribution in [0.2, 0.25) is 0 Å². The lowest BCUT2D eigenvalue weighted by Crippen LogP contribution is -2.46. The number of carbonyl (C=O) groups is 1. The van der Waals surface area contributed by atoms with E-state index in [1.54, 1.807) is 0 Å². The zero-order chi connectivity index (χ0) is 14.8. The average molecular weight is 289 g/mol. The van der Waals surface area contributed by atoms with Crippen molar-refractivity contribution in [3.8, 4) is 0 Å². The maximum absolute atomic E-state index is 12.7. The fourth-order valence-corrected chi connectivity index (χ4v) is 3.22. The van der Waals surface area contributed by atoms with Gasteiger partial charge in [0, 0.05) is 26.1 Å². The second-order valence-electron chi connectivity index (χ2n) is 5.88. The van der Waals surface area contributed by atoms with Crippen molar-refractivity contribution in [2.45, 2.75) is 38.8 Å². The number of nitrogens with one attached hydrogen (secondary N) is 1. The number of hydrogen-bond acceptors (Lipinski definition) is 5. The Morgan fingerprint density at radius 1 is 1.43 bits per heavy atom. The monoisotopic (exact) mass is 289 g/mol. The van der Waals surface area contributed by atoms with Crippen molar-refractivity contribution in [3.05, 3.63) is 17.3 Å². The summed E-state index contributed by atoms with van der Waals surface area (Å²) in [5.41, 5.74) is 2.15. The Hall–Kier alpha value is -1.69.